The Morgan fingerprint density at radius 2 is 1.88 bits per heavy atom. The first-order valence-electron chi connectivity index (χ1n) is 11.5. The number of aliphatic hydroxyl groups excluding tert-OH is 1. The van der Waals surface area contributed by atoms with E-state index < -0.39 is 6.10 Å². The molecule has 1 aromatic heterocycles. The van der Waals surface area contributed by atoms with Gasteiger partial charge in [0, 0.05) is 32.8 Å². The molecule has 3 rings (SSSR count). The molecule has 0 aliphatic heterocycles. The summed E-state index contributed by atoms with van der Waals surface area (Å²) in [5, 5.41) is 15.4. The van der Waals surface area contributed by atoms with E-state index in [1.165, 1.54) is 0 Å². The van der Waals surface area contributed by atoms with Crippen molar-refractivity contribution in [3.8, 4) is 23.1 Å². The van der Waals surface area contributed by atoms with Gasteiger partial charge in [0.1, 0.15) is 11.5 Å². The number of aliphatic hydroxyl groups is 1. The Balaban J connectivity index is 1.96. The van der Waals surface area contributed by atoms with Crippen molar-refractivity contribution in [2.75, 3.05) is 33.9 Å². The van der Waals surface area contributed by atoms with Gasteiger partial charge in [-0.3, -0.25) is 4.90 Å². The lowest BCUT2D eigenvalue weighted by Crippen LogP contribution is -2.34. The molecule has 0 bridgehead atoms. The van der Waals surface area contributed by atoms with Gasteiger partial charge in [0.2, 0.25) is 5.88 Å². The van der Waals surface area contributed by atoms with Gasteiger partial charge < -0.3 is 19.3 Å². The molecule has 0 spiro atoms. The zero-order chi connectivity index (χ0) is 24.3. The summed E-state index contributed by atoms with van der Waals surface area (Å²) in [6, 6.07) is 17.4. The van der Waals surface area contributed by atoms with E-state index in [1.54, 1.807) is 14.2 Å². The van der Waals surface area contributed by atoms with E-state index in [2.05, 4.69) is 11.5 Å². The first-order chi connectivity index (χ1) is 16.5. The number of aryl methyl sites for hydroxylation is 1. The molecule has 34 heavy (non-hydrogen) atoms. The number of para-hydroxylation sites is 1. The molecule has 182 valence electrons. The zero-order valence-corrected chi connectivity index (χ0v) is 20.3. The van der Waals surface area contributed by atoms with Crippen molar-refractivity contribution in [1.82, 2.24) is 14.7 Å². The molecule has 7 nitrogen and oxygen atoms in total. The van der Waals surface area contributed by atoms with Gasteiger partial charge in [-0.2, -0.15) is 5.10 Å². The number of benzene rings is 2. The lowest BCUT2D eigenvalue weighted by atomic mass is 10.1. The Morgan fingerprint density at radius 1 is 1.12 bits per heavy atom. The Morgan fingerprint density at radius 3 is 2.59 bits per heavy atom. The van der Waals surface area contributed by atoms with Crippen molar-refractivity contribution in [3.63, 3.8) is 0 Å². The molecule has 0 radical (unpaired) electrons. The number of ether oxygens (including phenoxy) is 3. The number of hydrogen-bond acceptors (Lipinski definition) is 6. The molecule has 0 saturated heterocycles. The van der Waals surface area contributed by atoms with Crippen LogP contribution in [0.2, 0.25) is 0 Å². The Labute approximate surface area is 202 Å². The van der Waals surface area contributed by atoms with E-state index >= 15 is 0 Å². The Hall–Kier alpha value is -3.13. The highest BCUT2D eigenvalue weighted by molar-refractivity contribution is 5.44. The molecule has 3 aromatic rings. The van der Waals surface area contributed by atoms with E-state index in [9.17, 15) is 5.11 Å². The lowest BCUT2D eigenvalue weighted by molar-refractivity contribution is 0.0804. The minimum Gasteiger partial charge on any atom is -0.497 e. The summed E-state index contributed by atoms with van der Waals surface area (Å²) < 4.78 is 18.9. The summed E-state index contributed by atoms with van der Waals surface area (Å²) in [7, 11) is 3.32. The van der Waals surface area contributed by atoms with Crippen molar-refractivity contribution in [1.29, 1.82) is 0 Å². The molecular formula is C27H35N3O4. The molecule has 0 fully saturated rings. The molecule has 1 N–H and O–H groups in total. The lowest BCUT2D eigenvalue weighted by Gasteiger charge is -2.25. The minimum absolute atomic E-state index is 0.456. The largest absolute Gasteiger partial charge is 0.497 e. The van der Waals surface area contributed by atoms with Crippen molar-refractivity contribution < 1.29 is 19.3 Å². The molecule has 0 saturated carbocycles. The van der Waals surface area contributed by atoms with Crippen molar-refractivity contribution in [3.05, 3.63) is 78.5 Å². The summed E-state index contributed by atoms with van der Waals surface area (Å²) in [4.78, 5) is 2.18. The molecule has 2 aromatic carbocycles. The Kier molecular flexibility index (Phi) is 9.70. The van der Waals surface area contributed by atoms with Gasteiger partial charge in [-0.25, -0.2) is 4.68 Å². The van der Waals surface area contributed by atoms with E-state index in [0.717, 1.165) is 23.4 Å². The number of methoxy groups -OCH3 is 2. The first kappa shape index (κ1) is 25.5. The van der Waals surface area contributed by atoms with Crippen molar-refractivity contribution >= 4 is 0 Å². The second-order valence-electron chi connectivity index (χ2n) is 8.15. The smallest absolute Gasteiger partial charge is 0.227 e. The van der Waals surface area contributed by atoms with E-state index in [1.807, 2.05) is 72.3 Å². The van der Waals surface area contributed by atoms with Gasteiger partial charge in [-0.05, 0) is 44.0 Å². The number of nitrogens with zero attached hydrogens (tertiary/aromatic N) is 3. The van der Waals surface area contributed by atoms with Crippen LogP contribution < -0.4 is 9.47 Å². The van der Waals surface area contributed by atoms with Crippen LogP contribution in [0, 0.1) is 6.92 Å². The van der Waals surface area contributed by atoms with Crippen LogP contribution in [0.25, 0.3) is 5.69 Å². The zero-order valence-electron chi connectivity index (χ0n) is 20.3. The van der Waals surface area contributed by atoms with Crippen LogP contribution in [0.4, 0.5) is 0 Å². The molecule has 1 heterocycles. The quantitative estimate of drug-likeness (QED) is 0.346. The third kappa shape index (κ3) is 6.93. The van der Waals surface area contributed by atoms with Gasteiger partial charge in [-0.15, -0.1) is 6.58 Å². The number of hydrogen-bond donors (Lipinski definition) is 1. The van der Waals surface area contributed by atoms with Crippen LogP contribution in [0.3, 0.4) is 0 Å². The van der Waals surface area contributed by atoms with E-state index in [0.29, 0.717) is 50.0 Å². The van der Waals surface area contributed by atoms with Crippen molar-refractivity contribution in [2.24, 2.45) is 0 Å². The highest BCUT2D eigenvalue weighted by Gasteiger charge is 2.22. The predicted molar refractivity (Wildman–Crippen MR) is 134 cm³/mol. The maximum absolute atomic E-state index is 10.5. The molecule has 0 unspecified atom stereocenters. The van der Waals surface area contributed by atoms with Crippen LogP contribution in [0.5, 0.6) is 17.4 Å². The van der Waals surface area contributed by atoms with Gasteiger partial charge in [0.15, 0.2) is 0 Å². The summed E-state index contributed by atoms with van der Waals surface area (Å²) in [6.07, 6.45) is 2.82. The fourth-order valence-corrected chi connectivity index (χ4v) is 3.72. The molecule has 1 atom stereocenters. The molecule has 0 aliphatic carbocycles. The highest BCUT2D eigenvalue weighted by atomic mass is 16.5. The molecule has 0 aliphatic rings. The number of aromatic nitrogens is 2. The summed E-state index contributed by atoms with van der Waals surface area (Å²) in [6.45, 7) is 8.06. The van der Waals surface area contributed by atoms with E-state index in [4.69, 9.17) is 19.3 Å². The third-order valence-electron chi connectivity index (χ3n) is 5.56. The fourth-order valence-electron chi connectivity index (χ4n) is 3.72. The Bertz CT molecular complexity index is 1040. The highest BCUT2D eigenvalue weighted by Crippen LogP contribution is 2.33. The third-order valence-corrected chi connectivity index (χ3v) is 5.56. The predicted octanol–water partition coefficient (Wildman–Crippen LogP) is 4.76. The first-order valence-corrected chi connectivity index (χ1v) is 11.5. The average molecular weight is 466 g/mol. The summed E-state index contributed by atoms with van der Waals surface area (Å²) >= 11 is 0. The van der Waals surface area contributed by atoms with Crippen LogP contribution in [-0.4, -0.2) is 59.8 Å². The van der Waals surface area contributed by atoms with Gasteiger partial charge in [0.25, 0.3) is 0 Å². The maximum atomic E-state index is 10.5. The van der Waals surface area contributed by atoms with Crippen LogP contribution in [0.15, 0.2) is 67.3 Å². The SMILES string of the molecule is C=CCC[C@@H](O)CN(CCOC)Cc1c(C)nn(-c2ccccc2)c1Oc1cccc(OC)c1. The molecule has 0 amide bonds. The monoisotopic (exact) mass is 465 g/mol. The maximum Gasteiger partial charge on any atom is 0.227 e. The summed E-state index contributed by atoms with van der Waals surface area (Å²) in [5.74, 6) is 2.01. The van der Waals surface area contributed by atoms with Crippen LogP contribution in [-0.2, 0) is 11.3 Å². The van der Waals surface area contributed by atoms with Gasteiger partial charge in [-0.1, -0.05) is 30.3 Å². The summed E-state index contributed by atoms with van der Waals surface area (Å²) in [5.41, 5.74) is 2.73. The number of rotatable bonds is 14. The number of allylic oxidation sites excluding steroid dienone is 1. The second kappa shape index (κ2) is 12.9. The normalized spacial score (nSPS) is 12.0. The van der Waals surface area contributed by atoms with Crippen molar-refractivity contribution in [2.45, 2.75) is 32.4 Å². The van der Waals surface area contributed by atoms with E-state index in [-0.39, 0.29) is 0 Å². The molecule has 7 heteroatoms. The topological polar surface area (TPSA) is 69.0 Å². The second-order valence-corrected chi connectivity index (χ2v) is 8.15. The average Bonchev–Trinajstić information content (AvgIpc) is 3.16. The molecular weight excluding hydrogens is 430 g/mol. The fraction of sp³-hybridized carbons (Fsp3) is 0.370. The standard InChI is InChI=1S/C27H35N3O4/c1-5-6-13-23(31)19-29(16-17-32-3)20-26-21(2)28-30(22-11-8-7-9-12-22)27(26)34-25-15-10-14-24(18-25)33-4/h5,7-12,14-15,18,23,31H,1,6,13,16-17,19-20H2,2-4H3/t23-/m1/s1. The van der Waals surface area contributed by atoms with Gasteiger partial charge in [0.05, 0.1) is 36.8 Å². The minimum atomic E-state index is -0.456. The van der Waals surface area contributed by atoms with Gasteiger partial charge >= 0.3 is 0 Å². The van der Waals surface area contributed by atoms with Crippen LogP contribution >= 0.6 is 0 Å². The van der Waals surface area contributed by atoms with Crippen LogP contribution in [0.1, 0.15) is 24.1 Å².